The minimum atomic E-state index is -3.29. The highest BCUT2D eigenvalue weighted by molar-refractivity contribution is 7.88. The van der Waals surface area contributed by atoms with Gasteiger partial charge in [0.05, 0.1) is 6.26 Å². The number of hydrogen-bond donors (Lipinski definition) is 2. The van der Waals surface area contributed by atoms with Crippen molar-refractivity contribution in [3.8, 4) is 5.75 Å². The molecule has 0 spiro atoms. The maximum Gasteiger partial charge on any atom is 0.358 e. The molecule has 0 radical (unpaired) electrons. The fourth-order valence-electron chi connectivity index (χ4n) is 2.23. The summed E-state index contributed by atoms with van der Waals surface area (Å²) in [5.74, 6) is -2.35. The van der Waals surface area contributed by atoms with E-state index in [0.29, 0.717) is 0 Å². The molecular formula is C11H16N4O6S. The topological polar surface area (TPSA) is 133 Å². The third-order valence-electron chi connectivity index (χ3n) is 3.44. The minimum absolute atomic E-state index is 0.0772. The molecule has 2 rings (SSSR count). The van der Waals surface area contributed by atoms with E-state index in [9.17, 15) is 23.1 Å². The predicted octanol–water partition coefficient (Wildman–Crippen LogP) is -1.73. The van der Waals surface area contributed by atoms with Crippen molar-refractivity contribution in [2.45, 2.75) is 0 Å². The Morgan fingerprint density at radius 1 is 1.23 bits per heavy atom. The number of carbonyl (C=O) groups is 1. The molecule has 1 aromatic heterocycles. The molecule has 11 heteroatoms. The van der Waals surface area contributed by atoms with E-state index in [1.807, 2.05) is 0 Å². The van der Waals surface area contributed by atoms with E-state index >= 15 is 0 Å². The molecular weight excluding hydrogens is 316 g/mol. The fraction of sp³-hybridized carbons (Fsp3) is 0.545. The Bertz CT molecular complexity index is 764. The zero-order valence-electron chi connectivity index (χ0n) is 12.1. The summed E-state index contributed by atoms with van der Waals surface area (Å²) in [6, 6.07) is 0. The molecule has 1 aromatic rings. The molecule has 0 amide bonds. The van der Waals surface area contributed by atoms with Crippen molar-refractivity contribution in [3.63, 3.8) is 0 Å². The van der Waals surface area contributed by atoms with Gasteiger partial charge < -0.3 is 15.1 Å². The van der Waals surface area contributed by atoms with Crippen molar-refractivity contribution in [3.05, 3.63) is 16.0 Å². The molecule has 1 saturated heterocycles. The number of anilines is 1. The van der Waals surface area contributed by atoms with Crippen LogP contribution < -0.4 is 10.5 Å². The van der Waals surface area contributed by atoms with Gasteiger partial charge in [-0.25, -0.2) is 18.2 Å². The van der Waals surface area contributed by atoms with Crippen LogP contribution in [0, 0.1) is 0 Å². The van der Waals surface area contributed by atoms with Gasteiger partial charge in [0.1, 0.15) is 0 Å². The van der Waals surface area contributed by atoms with Gasteiger partial charge in [0, 0.05) is 33.2 Å². The largest absolute Gasteiger partial charge is 0.501 e. The van der Waals surface area contributed by atoms with Gasteiger partial charge in [0.2, 0.25) is 21.7 Å². The molecule has 122 valence electrons. The number of nitrogens with zero attached hydrogens (tertiary/aromatic N) is 4. The lowest BCUT2D eigenvalue weighted by Gasteiger charge is -2.34. The van der Waals surface area contributed by atoms with Crippen LogP contribution in [0.4, 0.5) is 5.95 Å². The highest BCUT2D eigenvalue weighted by atomic mass is 32.2. The van der Waals surface area contributed by atoms with Crippen LogP contribution in [-0.4, -0.2) is 70.9 Å². The third-order valence-corrected chi connectivity index (χ3v) is 4.74. The molecule has 0 aromatic carbocycles. The number of piperazine rings is 1. The van der Waals surface area contributed by atoms with E-state index < -0.39 is 33.0 Å². The average molecular weight is 332 g/mol. The number of hydrogen-bond acceptors (Lipinski definition) is 7. The van der Waals surface area contributed by atoms with Gasteiger partial charge in [0.25, 0.3) is 5.56 Å². The lowest BCUT2D eigenvalue weighted by atomic mass is 10.3. The van der Waals surface area contributed by atoms with Crippen LogP contribution in [0.25, 0.3) is 0 Å². The van der Waals surface area contributed by atoms with Crippen LogP contribution in [0.5, 0.6) is 5.75 Å². The standard InChI is InChI=1S/C11H16N4O6S/c1-13-9(17)8(16)7(10(18)19)12-11(13)14-3-5-15(6-4-14)22(2,20)21/h16H,3-6H2,1-2H3,(H,18,19). The first-order valence-electron chi connectivity index (χ1n) is 6.36. The van der Waals surface area contributed by atoms with Gasteiger partial charge in [-0.2, -0.15) is 4.31 Å². The van der Waals surface area contributed by atoms with Crippen molar-refractivity contribution in [1.29, 1.82) is 0 Å². The summed E-state index contributed by atoms with van der Waals surface area (Å²) < 4.78 is 25.3. The lowest BCUT2D eigenvalue weighted by molar-refractivity contribution is 0.0686. The fourth-order valence-corrected chi connectivity index (χ4v) is 3.06. The molecule has 2 N–H and O–H groups in total. The van der Waals surface area contributed by atoms with E-state index in [-0.39, 0.29) is 32.1 Å². The zero-order valence-corrected chi connectivity index (χ0v) is 12.9. The summed E-state index contributed by atoms with van der Waals surface area (Å²) >= 11 is 0. The lowest BCUT2D eigenvalue weighted by Crippen LogP contribution is -2.50. The van der Waals surface area contributed by atoms with Crippen molar-refractivity contribution < 1.29 is 23.4 Å². The number of aromatic hydroxyl groups is 1. The van der Waals surface area contributed by atoms with Gasteiger partial charge in [-0.1, -0.05) is 0 Å². The number of carboxylic acids is 1. The first kappa shape index (κ1) is 16.2. The van der Waals surface area contributed by atoms with E-state index in [1.54, 1.807) is 4.90 Å². The monoisotopic (exact) mass is 332 g/mol. The third kappa shape index (κ3) is 2.90. The second kappa shape index (κ2) is 5.57. The molecule has 0 unspecified atom stereocenters. The Morgan fingerprint density at radius 2 is 1.77 bits per heavy atom. The summed E-state index contributed by atoms with van der Waals surface area (Å²) in [7, 11) is -1.93. The van der Waals surface area contributed by atoms with Crippen LogP contribution >= 0.6 is 0 Å². The highest BCUT2D eigenvalue weighted by Gasteiger charge is 2.27. The van der Waals surface area contributed by atoms with Crippen molar-refractivity contribution >= 4 is 21.9 Å². The van der Waals surface area contributed by atoms with Crippen LogP contribution in [-0.2, 0) is 17.1 Å². The van der Waals surface area contributed by atoms with E-state index in [0.717, 1.165) is 10.8 Å². The molecule has 0 aliphatic carbocycles. The maximum absolute atomic E-state index is 11.9. The summed E-state index contributed by atoms with van der Waals surface area (Å²) in [6.45, 7) is 0.935. The average Bonchev–Trinajstić information content (AvgIpc) is 2.44. The molecule has 0 atom stereocenters. The van der Waals surface area contributed by atoms with Crippen molar-refractivity contribution in [1.82, 2.24) is 13.9 Å². The number of sulfonamides is 1. The molecule has 0 bridgehead atoms. The van der Waals surface area contributed by atoms with Crippen LogP contribution in [0.3, 0.4) is 0 Å². The van der Waals surface area contributed by atoms with Crippen LogP contribution in [0.2, 0.25) is 0 Å². The Labute approximate surface area is 126 Å². The molecule has 10 nitrogen and oxygen atoms in total. The van der Waals surface area contributed by atoms with E-state index in [4.69, 9.17) is 5.11 Å². The predicted molar refractivity (Wildman–Crippen MR) is 76.7 cm³/mol. The number of aromatic nitrogens is 2. The van der Waals surface area contributed by atoms with Gasteiger partial charge in [-0.3, -0.25) is 9.36 Å². The second-order valence-corrected chi connectivity index (χ2v) is 6.91. The smallest absolute Gasteiger partial charge is 0.358 e. The van der Waals surface area contributed by atoms with Gasteiger partial charge in [-0.05, 0) is 0 Å². The van der Waals surface area contributed by atoms with Gasteiger partial charge in [-0.15, -0.1) is 0 Å². The quantitative estimate of drug-likeness (QED) is 0.667. The van der Waals surface area contributed by atoms with Gasteiger partial charge >= 0.3 is 5.97 Å². The molecule has 1 aliphatic heterocycles. The summed E-state index contributed by atoms with van der Waals surface area (Å²) in [5.41, 5.74) is -1.59. The number of aromatic carboxylic acids is 1. The second-order valence-electron chi connectivity index (χ2n) is 4.93. The number of rotatable bonds is 3. The molecule has 2 heterocycles. The Balaban J connectivity index is 2.35. The minimum Gasteiger partial charge on any atom is -0.501 e. The first-order chi connectivity index (χ1) is 10.1. The summed E-state index contributed by atoms with van der Waals surface area (Å²) in [4.78, 5) is 28.3. The van der Waals surface area contributed by atoms with Crippen LogP contribution in [0.15, 0.2) is 4.79 Å². The zero-order chi connectivity index (χ0) is 16.7. The molecule has 1 fully saturated rings. The number of carboxylic acid groups (broad SMARTS) is 1. The van der Waals surface area contributed by atoms with Gasteiger partial charge in [0.15, 0.2) is 5.69 Å². The van der Waals surface area contributed by atoms with Crippen LogP contribution in [0.1, 0.15) is 10.5 Å². The van der Waals surface area contributed by atoms with Crippen molar-refractivity contribution in [2.24, 2.45) is 7.05 Å². The first-order valence-corrected chi connectivity index (χ1v) is 8.21. The Morgan fingerprint density at radius 3 is 2.23 bits per heavy atom. The summed E-state index contributed by atoms with van der Waals surface area (Å²) in [6.07, 6.45) is 1.11. The highest BCUT2D eigenvalue weighted by Crippen LogP contribution is 2.17. The molecule has 22 heavy (non-hydrogen) atoms. The Hall–Kier alpha value is -2.14. The molecule has 1 aliphatic rings. The van der Waals surface area contributed by atoms with E-state index in [1.165, 1.54) is 11.4 Å². The maximum atomic E-state index is 11.9. The molecule has 0 saturated carbocycles. The van der Waals surface area contributed by atoms with E-state index in [2.05, 4.69) is 4.98 Å². The normalized spacial score (nSPS) is 16.7. The van der Waals surface area contributed by atoms with Crippen molar-refractivity contribution in [2.75, 3.05) is 37.3 Å². The summed E-state index contributed by atoms with van der Waals surface area (Å²) in [5, 5.41) is 18.5. The Kier molecular flexibility index (Phi) is 4.11. The SMILES string of the molecule is Cn1c(N2CCN(S(C)(=O)=O)CC2)nc(C(=O)O)c(O)c1=O.